The van der Waals surface area contributed by atoms with Crippen molar-refractivity contribution in [2.75, 3.05) is 39.1 Å². The van der Waals surface area contributed by atoms with Gasteiger partial charge in [-0.1, -0.05) is 12.1 Å². The molecule has 0 saturated heterocycles. The summed E-state index contributed by atoms with van der Waals surface area (Å²) in [4.78, 5) is 22.9. The van der Waals surface area contributed by atoms with E-state index in [0.717, 1.165) is 35.4 Å². The van der Waals surface area contributed by atoms with Crippen LogP contribution in [0.25, 0.3) is 22.3 Å². The highest BCUT2D eigenvalue weighted by atomic mass is 16.4. The molecule has 0 atom stereocenters. The average molecular weight is 338 g/mol. The van der Waals surface area contributed by atoms with E-state index in [4.69, 9.17) is 5.11 Å². The molecule has 6 heteroatoms. The van der Waals surface area contributed by atoms with E-state index in [2.05, 4.69) is 65.2 Å². The zero-order valence-corrected chi connectivity index (χ0v) is 14.7. The average Bonchev–Trinajstić information content (AvgIpc) is 3.02. The maximum Gasteiger partial charge on any atom is 0.337 e. The van der Waals surface area contributed by atoms with Gasteiger partial charge in [-0.05, 0) is 43.9 Å². The van der Waals surface area contributed by atoms with Gasteiger partial charge in [0.1, 0.15) is 5.65 Å². The van der Waals surface area contributed by atoms with Gasteiger partial charge in [0.05, 0.1) is 5.56 Å². The number of H-pyrrole nitrogens is 1. The number of carboxylic acid groups (broad SMARTS) is 1. The van der Waals surface area contributed by atoms with Crippen LogP contribution in [0.1, 0.15) is 10.4 Å². The molecule has 3 rings (SSSR count). The number of carbonyl (C=O) groups is 1. The predicted molar refractivity (Wildman–Crippen MR) is 100 cm³/mol. The molecular formula is C19H22N4O2. The van der Waals surface area contributed by atoms with Crippen LogP contribution in [0.5, 0.6) is 0 Å². The fourth-order valence-corrected chi connectivity index (χ4v) is 2.66. The fourth-order valence-electron chi connectivity index (χ4n) is 2.66. The third-order valence-electron chi connectivity index (χ3n) is 4.22. The number of fused-ring (bicyclic) bond motifs is 1. The van der Waals surface area contributed by atoms with E-state index in [9.17, 15) is 4.79 Å². The van der Waals surface area contributed by atoms with Crippen LogP contribution < -0.4 is 4.90 Å². The second-order valence-corrected chi connectivity index (χ2v) is 6.42. The van der Waals surface area contributed by atoms with Crippen molar-refractivity contribution in [1.29, 1.82) is 0 Å². The van der Waals surface area contributed by atoms with E-state index in [1.165, 1.54) is 6.20 Å². The summed E-state index contributed by atoms with van der Waals surface area (Å²) in [7, 11) is 6.21. The molecule has 25 heavy (non-hydrogen) atoms. The first kappa shape index (κ1) is 17.0. The minimum atomic E-state index is -0.970. The number of pyridine rings is 1. The van der Waals surface area contributed by atoms with Crippen LogP contribution in [-0.4, -0.2) is 60.2 Å². The summed E-state index contributed by atoms with van der Waals surface area (Å²) in [6.07, 6.45) is 1.37. The molecule has 3 aromatic rings. The Kier molecular flexibility index (Phi) is 4.72. The van der Waals surface area contributed by atoms with Gasteiger partial charge < -0.3 is 19.9 Å². The van der Waals surface area contributed by atoms with Gasteiger partial charge in [0, 0.05) is 43.1 Å². The molecule has 0 amide bonds. The first-order valence-electron chi connectivity index (χ1n) is 8.12. The van der Waals surface area contributed by atoms with Crippen LogP contribution >= 0.6 is 0 Å². The van der Waals surface area contributed by atoms with Crippen LogP contribution in [0.3, 0.4) is 0 Å². The number of nitrogens with zero attached hydrogens (tertiary/aromatic N) is 3. The van der Waals surface area contributed by atoms with Gasteiger partial charge in [0.25, 0.3) is 0 Å². The molecule has 2 heterocycles. The molecule has 0 aliphatic heterocycles. The van der Waals surface area contributed by atoms with Crippen molar-refractivity contribution >= 4 is 22.7 Å². The molecule has 1 aromatic carbocycles. The van der Waals surface area contributed by atoms with Gasteiger partial charge in [-0.3, -0.25) is 0 Å². The Bertz CT molecular complexity index is 884. The number of aromatic amines is 1. The number of hydrogen-bond acceptors (Lipinski definition) is 4. The van der Waals surface area contributed by atoms with Crippen molar-refractivity contribution in [1.82, 2.24) is 14.9 Å². The molecule has 0 aliphatic rings. The largest absolute Gasteiger partial charge is 0.478 e. The lowest BCUT2D eigenvalue weighted by molar-refractivity contribution is 0.0696. The van der Waals surface area contributed by atoms with Gasteiger partial charge in [-0.25, -0.2) is 9.78 Å². The second kappa shape index (κ2) is 6.94. The Morgan fingerprint density at radius 3 is 2.48 bits per heavy atom. The minimum absolute atomic E-state index is 0.191. The molecule has 0 spiro atoms. The van der Waals surface area contributed by atoms with Crippen LogP contribution in [0.15, 0.2) is 42.6 Å². The number of anilines is 1. The van der Waals surface area contributed by atoms with Gasteiger partial charge in [0.2, 0.25) is 0 Å². The number of aromatic carboxylic acids is 1. The number of carboxylic acids is 1. The summed E-state index contributed by atoms with van der Waals surface area (Å²) in [6.45, 7) is 1.96. The highest BCUT2D eigenvalue weighted by Gasteiger charge is 2.09. The monoisotopic (exact) mass is 338 g/mol. The summed E-state index contributed by atoms with van der Waals surface area (Å²) in [5.74, 6) is -0.970. The highest BCUT2D eigenvalue weighted by Crippen LogP contribution is 2.25. The van der Waals surface area contributed by atoms with Crippen LogP contribution in [0.4, 0.5) is 5.69 Å². The zero-order chi connectivity index (χ0) is 18.0. The Morgan fingerprint density at radius 2 is 1.84 bits per heavy atom. The van der Waals surface area contributed by atoms with E-state index >= 15 is 0 Å². The molecule has 0 unspecified atom stereocenters. The lowest BCUT2D eigenvalue weighted by Gasteiger charge is -2.21. The zero-order valence-electron chi connectivity index (χ0n) is 14.7. The summed E-state index contributed by atoms with van der Waals surface area (Å²) < 4.78 is 0. The van der Waals surface area contributed by atoms with Crippen LogP contribution in [0, 0.1) is 0 Å². The number of nitrogens with one attached hydrogen (secondary N) is 1. The van der Waals surface area contributed by atoms with Crippen molar-refractivity contribution in [3.8, 4) is 11.3 Å². The third-order valence-corrected chi connectivity index (χ3v) is 4.22. The van der Waals surface area contributed by atoms with Gasteiger partial charge in [0.15, 0.2) is 0 Å². The van der Waals surface area contributed by atoms with Crippen molar-refractivity contribution in [3.63, 3.8) is 0 Å². The SMILES string of the molecule is CN(C)CCN(C)c1ccc(-c2cc3cc(C(=O)O)cnc3[nH]2)cc1. The molecule has 0 fully saturated rings. The summed E-state index contributed by atoms with van der Waals surface area (Å²) in [6, 6.07) is 11.9. The normalized spacial score (nSPS) is 11.2. The van der Waals surface area contributed by atoms with Crippen molar-refractivity contribution < 1.29 is 9.90 Å². The highest BCUT2D eigenvalue weighted by molar-refractivity contribution is 5.93. The van der Waals surface area contributed by atoms with Crippen molar-refractivity contribution in [2.24, 2.45) is 0 Å². The Balaban J connectivity index is 1.82. The summed E-state index contributed by atoms with van der Waals surface area (Å²) in [5, 5.41) is 9.86. The lowest BCUT2D eigenvalue weighted by atomic mass is 10.1. The Labute approximate surface area is 146 Å². The molecule has 0 aliphatic carbocycles. The Morgan fingerprint density at radius 1 is 1.12 bits per heavy atom. The second-order valence-electron chi connectivity index (χ2n) is 6.42. The first-order chi connectivity index (χ1) is 11.9. The minimum Gasteiger partial charge on any atom is -0.478 e. The molecule has 130 valence electrons. The van der Waals surface area contributed by atoms with Gasteiger partial charge >= 0.3 is 5.97 Å². The Hall–Kier alpha value is -2.86. The quantitative estimate of drug-likeness (QED) is 0.723. The van der Waals surface area contributed by atoms with Crippen LogP contribution in [0.2, 0.25) is 0 Å². The number of benzene rings is 1. The van der Waals surface area contributed by atoms with Crippen molar-refractivity contribution in [3.05, 3.63) is 48.2 Å². The molecule has 0 bridgehead atoms. The molecule has 2 N–H and O–H groups in total. The van der Waals surface area contributed by atoms with E-state index in [-0.39, 0.29) is 5.56 Å². The van der Waals surface area contributed by atoms with Gasteiger partial charge in [-0.2, -0.15) is 0 Å². The van der Waals surface area contributed by atoms with Gasteiger partial charge in [-0.15, -0.1) is 0 Å². The van der Waals surface area contributed by atoms with E-state index < -0.39 is 5.97 Å². The molecular weight excluding hydrogens is 316 g/mol. The predicted octanol–water partition coefficient (Wildman–Crippen LogP) is 2.93. The first-order valence-corrected chi connectivity index (χ1v) is 8.12. The van der Waals surface area contributed by atoms with E-state index in [1.54, 1.807) is 6.07 Å². The van der Waals surface area contributed by atoms with Crippen molar-refractivity contribution in [2.45, 2.75) is 0 Å². The molecule has 0 saturated carbocycles. The standard InChI is InChI=1S/C19H22N4O2/c1-22(2)8-9-23(3)16-6-4-13(5-7-16)17-11-14-10-15(19(24)25)12-20-18(14)21-17/h4-7,10-12H,8-9H2,1-3H3,(H,20,21)(H,24,25). The lowest BCUT2D eigenvalue weighted by Crippen LogP contribution is -2.28. The number of likely N-dealkylation sites (N-methyl/N-ethyl adjacent to an activating group) is 2. The smallest absolute Gasteiger partial charge is 0.337 e. The van der Waals surface area contributed by atoms with E-state index in [1.807, 2.05) is 6.07 Å². The maximum atomic E-state index is 11.1. The number of hydrogen-bond donors (Lipinski definition) is 2. The van der Waals surface area contributed by atoms with Crippen LogP contribution in [-0.2, 0) is 0 Å². The topological polar surface area (TPSA) is 72.5 Å². The summed E-state index contributed by atoms with van der Waals surface area (Å²) >= 11 is 0. The third kappa shape index (κ3) is 3.80. The molecule has 6 nitrogen and oxygen atoms in total. The molecule has 0 radical (unpaired) electrons. The fraction of sp³-hybridized carbons (Fsp3) is 0.263. The molecule has 2 aromatic heterocycles. The van der Waals surface area contributed by atoms with E-state index in [0.29, 0.717) is 5.65 Å². The number of rotatable bonds is 6. The number of aromatic nitrogens is 2. The summed E-state index contributed by atoms with van der Waals surface area (Å²) in [5.41, 5.74) is 4.00. The maximum absolute atomic E-state index is 11.1.